The van der Waals surface area contributed by atoms with E-state index in [2.05, 4.69) is 17.1 Å². The van der Waals surface area contributed by atoms with Gasteiger partial charge in [0.1, 0.15) is 22.3 Å². The lowest BCUT2D eigenvalue weighted by molar-refractivity contribution is 0.0696. The minimum atomic E-state index is -1.01. The first-order valence-electron chi connectivity index (χ1n) is 9.67. The lowest BCUT2D eigenvalue weighted by Gasteiger charge is -2.13. The largest absolute Gasteiger partial charge is 0.478 e. The van der Waals surface area contributed by atoms with Crippen LogP contribution in [0.4, 0.5) is 0 Å². The fraction of sp³-hybridized carbons (Fsp3) is 0.167. The second-order valence-corrected chi connectivity index (χ2v) is 8.20. The van der Waals surface area contributed by atoms with Crippen LogP contribution in [0.15, 0.2) is 53.6 Å². The lowest BCUT2D eigenvalue weighted by Crippen LogP contribution is -2.00. The predicted molar refractivity (Wildman–Crippen MR) is 122 cm³/mol. The van der Waals surface area contributed by atoms with Crippen molar-refractivity contribution in [2.75, 3.05) is 6.61 Å². The fourth-order valence-electron chi connectivity index (χ4n) is 3.20. The fourth-order valence-corrected chi connectivity index (χ4v) is 4.40. The van der Waals surface area contributed by atoms with Crippen molar-refractivity contribution >= 4 is 29.3 Å². The summed E-state index contributed by atoms with van der Waals surface area (Å²) >= 11 is 7.55. The van der Waals surface area contributed by atoms with Crippen LogP contribution in [-0.2, 0) is 12.2 Å². The Morgan fingerprint density at radius 2 is 1.78 bits per heavy atom. The summed E-state index contributed by atoms with van der Waals surface area (Å²) in [7, 11) is 0. The van der Waals surface area contributed by atoms with E-state index in [9.17, 15) is 20.4 Å². The summed E-state index contributed by atoms with van der Waals surface area (Å²) < 4.78 is 0. The van der Waals surface area contributed by atoms with E-state index in [4.69, 9.17) is 16.7 Å². The number of rotatable bonds is 8. The molecule has 0 radical (unpaired) electrons. The third kappa shape index (κ3) is 5.27. The number of aryl methyl sites for hydroxylation is 1. The monoisotopic (exact) mass is 463 g/mol. The van der Waals surface area contributed by atoms with Gasteiger partial charge in [0.2, 0.25) is 0 Å². The van der Waals surface area contributed by atoms with Gasteiger partial charge in [0.05, 0.1) is 16.7 Å². The Morgan fingerprint density at radius 1 is 1.06 bits per heavy atom. The van der Waals surface area contributed by atoms with E-state index in [1.165, 1.54) is 17.8 Å². The van der Waals surface area contributed by atoms with Crippen LogP contribution in [0.2, 0.25) is 5.15 Å². The normalized spacial score (nSPS) is 10.4. The summed E-state index contributed by atoms with van der Waals surface area (Å²) in [5.41, 5.74) is 3.44. The molecule has 0 amide bonds. The van der Waals surface area contributed by atoms with Crippen molar-refractivity contribution in [3.63, 3.8) is 0 Å². The maximum atomic E-state index is 11.2. The molecule has 32 heavy (non-hydrogen) atoms. The van der Waals surface area contributed by atoms with E-state index >= 15 is 0 Å². The molecular formula is C24H18ClN3O3S. The van der Waals surface area contributed by atoms with Crippen molar-refractivity contribution in [1.29, 1.82) is 10.5 Å². The van der Waals surface area contributed by atoms with Gasteiger partial charge >= 0.3 is 5.97 Å². The molecule has 0 spiro atoms. The molecule has 0 aliphatic heterocycles. The van der Waals surface area contributed by atoms with Crippen LogP contribution in [0.25, 0.3) is 11.1 Å². The maximum Gasteiger partial charge on any atom is 0.335 e. The van der Waals surface area contributed by atoms with Gasteiger partial charge < -0.3 is 10.2 Å². The first-order chi connectivity index (χ1) is 15.5. The van der Waals surface area contributed by atoms with Crippen molar-refractivity contribution < 1.29 is 15.0 Å². The Bertz CT molecular complexity index is 1230. The number of thioether (sulfide) groups is 1. The van der Waals surface area contributed by atoms with E-state index in [1.807, 2.05) is 24.3 Å². The number of carboxylic acids is 1. The molecule has 0 aliphatic rings. The van der Waals surface area contributed by atoms with Gasteiger partial charge in [0.15, 0.2) is 0 Å². The highest BCUT2D eigenvalue weighted by Gasteiger charge is 2.21. The van der Waals surface area contributed by atoms with Crippen LogP contribution >= 0.6 is 23.4 Å². The number of nitriles is 2. The SMILES string of the molecule is N#Cc1c(Cl)nc(SCc2cccc(C(=O)O)c2)c(C#N)c1-c1ccc(CCCO)cc1. The number of halogens is 1. The molecule has 6 nitrogen and oxygen atoms in total. The van der Waals surface area contributed by atoms with E-state index in [-0.39, 0.29) is 28.5 Å². The molecule has 2 N–H and O–H groups in total. The number of nitrogens with zero attached hydrogens (tertiary/aromatic N) is 3. The summed E-state index contributed by atoms with van der Waals surface area (Å²) in [6.07, 6.45) is 1.37. The van der Waals surface area contributed by atoms with Crippen molar-refractivity contribution in [1.82, 2.24) is 4.98 Å². The molecule has 0 saturated heterocycles. The van der Waals surface area contributed by atoms with E-state index in [1.54, 1.807) is 18.2 Å². The van der Waals surface area contributed by atoms with Crippen LogP contribution in [0.3, 0.4) is 0 Å². The molecule has 2 aromatic carbocycles. The molecule has 0 aliphatic carbocycles. The third-order valence-electron chi connectivity index (χ3n) is 4.76. The van der Waals surface area contributed by atoms with Crippen LogP contribution in [-0.4, -0.2) is 27.8 Å². The third-order valence-corrected chi connectivity index (χ3v) is 6.08. The number of hydrogen-bond acceptors (Lipinski definition) is 6. The minimum absolute atomic E-state index is 0.00708. The van der Waals surface area contributed by atoms with E-state index in [0.29, 0.717) is 28.3 Å². The summed E-state index contributed by atoms with van der Waals surface area (Å²) in [5, 5.41) is 38.1. The quantitative estimate of drug-likeness (QED) is 0.354. The number of hydrogen-bond donors (Lipinski definition) is 2. The van der Waals surface area contributed by atoms with Crippen LogP contribution in [0.5, 0.6) is 0 Å². The number of aliphatic hydroxyl groups excluding tert-OH is 1. The number of aromatic carboxylic acids is 1. The summed E-state index contributed by atoms with van der Waals surface area (Å²) in [6, 6.07) is 18.2. The molecule has 0 saturated carbocycles. The number of aliphatic hydroxyl groups is 1. The van der Waals surface area contributed by atoms with Gasteiger partial charge in [-0.15, -0.1) is 11.8 Å². The van der Waals surface area contributed by atoms with Gasteiger partial charge in [0, 0.05) is 17.9 Å². The van der Waals surface area contributed by atoms with Crippen LogP contribution < -0.4 is 0 Å². The zero-order valence-corrected chi connectivity index (χ0v) is 18.5. The second-order valence-electron chi connectivity index (χ2n) is 6.87. The molecule has 1 aromatic heterocycles. The highest BCUT2D eigenvalue weighted by Crippen LogP contribution is 2.37. The summed E-state index contributed by atoms with van der Waals surface area (Å²) in [6.45, 7) is 0.106. The smallest absolute Gasteiger partial charge is 0.335 e. The highest BCUT2D eigenvalue weighted by atomic mass is 35.5. The van der Waals surface area contributed by atoms with Crippen LogP contribution in [0, 0.1) is 22.7 Å². The van der Waals surface area contributed by atoms with Gasteiger partial charge in [-0.1, -0.05) is 48.0 Å². The Balaban J connectivity index is 1.99. The molecule has 1 heterocycles. The predicted octanol–water partition coefficient (Wildman–Crippen LogP) is 5.06. The zero-order valence-electron chi connectivity index (χ0n) is 16.9. The lowest BCUT2D eigenvalue weighted by atomic mass is 9.96. The number of benzene rings is 2. The Labute approximate surface area is 194 Å². The summed E-state index contributed by atoms with van der Waals surface area (Å²) in [4.78, 5) is 15.5. The molecule has 0 fully saturated rings. The topological polar surface area (TPSA) is 118 Å². The van der Waals surface area contributed by atoms with Crippen molar-refractivity contribution in [2.24, 2.45) is 0 Å². The standard InChI is InChI=1S/C24H18ClN3O3S/c25-22-19(12-26)21(17-8-6-15(7-9-17)4-2-10-29)20(13-27)23(28-22)32-14-16-3-1-5-18(11-16)24(30)31/h1,3,5-9,11,29H,2,4,10,14H2,(H,30,31). The zero-order chi connectivity index (χ0) is 23.1. The molecule has 0 atom stereocenters. The first kappa shape index (κ1) is 23.3. The van der Waals surface area contributed by atoms with Gasteiger partial charge in [0.25, 0.3) is 0 Å². The Hall–Kier alpha value is -3.36. The van der Waals surface area contributed by atoms with Gasteiger partial charge in [-0.2, -0.15) is 10.5 Å². The molecule has 0 unspecified atom stereocenters. The Kier molecular flexibility index (Phi) is 7.86. The number of pyridine rings is 1. The van der Waals surface area contributed by atoms with Crippen LogP contribution in [0.1, 0.15) is 39.0 Å². The van der Waals surface area contributed by atoms with Gasteiger partial charge in [-0.25, -0.2) is 9.78 Å². The summed E-state index contributed by atoms with van der Waals surface area (Å²) in [5.74, 6) is -0.635. The van der Waals surface area contributed by atoms with E-state index < -0.39 is 5.97 Å². The molecule has 160 valence electrons. The minimum Gasteiger partial charge on any atom is -0.478 e. The maximum absolute atomic E-state index is 11.2. The molecule has 8 heteroatoms. The van der Waals surface area contributed by atoms with Gasteiger partial charge in [-0.05, 0) is 41.7 Å². The number of carboxylic acid groups (broad SMARTS) is 1. The molecule has 3 rings (SSSR count). The first-order valence-corrected chi connectivity index (χ1v) is 11.0. The van der Waals surface area contributed by atoms with Crippen molar-refractivity contribution in [3.05, 3.63) is 81.5 Å². The number of aromatic nitrogens is 1. The average Bonchev–Trinajstić information content (AvgIpc) is 2.81. The Morgan fingerprint density at radius 3 is 2.41 bits per heavy atom. The number of carbonyl (C=O) groups is 1. The molecule has 0 bridgehead atoms. The molecule has 3 aromatic rings. The highest BCUT2D eigenvalue weighted by molar-refractivity contribution is 7.98. The van der Waals surface area contributed by atoms with E-state index in [0.717, 1.165) is 17.5 Å². The van der Waals surface area contributed by atoms with Crippen molar-refractivity contribution in [2.45, 2.75) is 23.6 Å². The van der Waals surface area contributed by atoms with Crippen molar-refractivity contribution in [3.8, 4) is 23.3 Å². The average molecular weight is 464 g/mol. The van der Waals surface area contributed by atoms with Gasteiger partial charge in [-0.3, -0.25) is 0 Å². The molecular weight excluding hydrogens is 446 g/mol. The second kappa shape index (κ2) is 10.8.